The number of fused-ring (bicyclic) bond motifs is 5. The molecule has 0 N–H and O–H groups in total. The molecule has 0 amide bonds. The summed E-state index contributed by atoms with van der Waals surface area (Å²) in [5, 5.41) is 0. The topological polar surface area (TPSA) is 9.23 Å². The monoisotopic (exact) mass is 302 g/mol. The highest BCUT2D eigenvalue weighted by atomic mass is 32.2. The van der Waals surface area contributed by atoms with Crippen LogP contribution in [0.1, 0.15) is 45.6 Å². The zero-order valence-electron chi connectivity index (χ0n) is 13.3. The first-order chi connectivity index (χ1) is 10.0. The summed E-state index contributed by atoms with van der Waals surface area (Å²) < 4.78 is 6.54. The van der Waals surface area contributed by atoms with Crippen LogP contribution < -0.4 is 0 Å². The quantitative estimate of drug-likeness (QED) is 0.767. The van der Waals surface area contributed by atoms with Crippen molar-refractivity contribution >= 4 is 11.8 Å². The largest absolute Gasteiger partial charge is 0.363 e. The highest BCUT2D eigenvalue weighted by Gasteiger charge is 2.68. The highest BCUT2D eigenvalue weighted by molar-refractivity contribution is 7.99. The lowest BCUT2D eigenvalue weighted by atomic mass is 9.70. The fourth-order valence-electron chi connectivity index (χ4n) is 5.35. The van der Waals surface area contributed by atoms with Crippen LogP contribution in [0.3, 0.4) is 0 Å². The van der Waals surface area contributed by atoms with E-state index in [9.17, 15) is 0 Å². The Bertz CT molecular complexity index is 526. The van der Waals surface area contributed by atoms with E-state index in [2.05, 4.69) is 51.1 Å². The van der Waals surface area contributed by atoms with Crippen LogP contribution in [0.25, 0.3) is 0 Å². The van der Waals surface area contributed by atoms with Gasteiger partial charge in [-0.1, -0.05) is 51.1 Å². The van der Waals surface area contributed by atoms with Crippen LogP contribution in [0.4, 0.5) is 0 Å². The van der Waals surface area contributed by atoms with Crippen molar-refractivity contribution in [3.05, 3.63) is 35.9 Å². The van der Waals surface area contributed by atoms with Crippen LogP contribution in [0.2, 0.25) is 0 Å². The molecule has 1 aromatic rings. The number of benzene rings is 1. The van der Waals surface area contributed by atoms with Gasteiger partial charge in [0.2, 0.25) is 0 Å². The number of hydrogen-bond acceptors (Lipinski definition) is 2. The first-order valence-corrected chi connectivity index (χ1v) is 9.38. The van der Waals surface area contributed by atoms with E-state index in [0.717, 1.165) is 17.6 Å². The standard InChI is InChI=1S/C19H26OS/c1-18(2)15-9-10-19(18,3)17-14(15)11-16(20-17)21-12-13-7-5-4-6-8-13/h4-8,14-17H,9-12H2,1-3H3/t14-,15-,16+,17-,19+/m1/s1. The molecular weight excluding hydrogens is 276 g/mol. The van der Waals surface area contributed by atoms with Gasteiger partial charge in [-0.05, 0) is 47.5 Å². The molecule has 0 radical (unpaired) electrons. The van der Waals surface area contributed by atoms with E-state index in [1.165, 1.54) is 24.8 Å². The van der Waals surface area contributed by atoms with Gasteiger partial charge >= 0.3 is 0 Å². The Kier molecular flexibility index (Phi) is 3.21. The van der Waals surface area contributed by atoms with Crippen LogP contribution in [-0.2, 0) is 10.5 Å². The van der Waals surface area contributed by atoms with Crippen molar-refractivity contribution in [2.75, 3.05) is 0 Å². The van der Waals surface area contributed by atoms with Gasteiger partial charge in [0.05, 0.1) is 6.10 Å². The summed E-state index contributed by atoms with van der Waals surface area (Å²) in [6.45, 7) is 7.46. The summed E-state index contributed by atoms with van der Waals surface area (Å²) in [6, 6.07) is 10.8. The summed E-state index contributed by atoms with van der Waals surface area (Å²) in [5.41, 5.74) is 2.70. The summed E-state index contributed by atoms with van der Waals surface area (Å²) in [5.74, 6) is 2.78. The zero-order valence-corrected chi connectivity index (χ0v) is 14.2. The van der Waals surface area contributed by atoms with Gasteiger partial charge in [0.25, 0.3) is 0 Å². The molecule has 0 aromatic heterocycles. The molecule has 2 bridgehead atoms. The second-order valence-electron chi connectivity index (χ2n) is 7.97. The Balaban J connectivity index is 1.43. The van der Waals surface area contributed by atoms with E-state index in [4.69, 9.17) is 4.74 Å². The number of ether oxygens (including phenoxy) is 1. The van der Waals surface area contributed by atoms with Crippen molar-refractivity contribution in [1.82, 2.24) is 0 Å². The Morgan fingerprint density at radius 3 is 2.67 bits per heavy atom. The molecule has 1 aromatic carbocycles. The molecule has 2 aliphatic carbocycles. The molecule has 4 rings (SSSR count). The third-order valence-corrected chi connectivity index (χ3v) is 8.12. The average molecular weight is 302 g/mol. The molecular formula is C19H26OS. The molecule has 2 heteroatoms. The minimum atomic E-state index is 0.407. The van der Waals surface area contributed by atoms with Gasteiger partial charge < -0.3 is 4.74 Å². The van der Waals surface area contributed by atoms with Crippen LogP contribution in [-0.4, -0.2) is 11.5 Å². The molecule has 0 spiro atoms. The molecule has 3 aliphatic rings. The Labute approximate surface area is 132 Å². The fourth-order valence-corrected chi connectivity index (χ4v) is 6.48. The van der Waals surface area contributed by atoms with Crippen molar-refractivity contribution < 1.29 is 4.74 Å². The number of hydrogen-bond donors (Lipinski definition) is 0. The smallest absolute Gasteiger partial charge is 0.104 e. The molecule has 0 unspecified atom stereocenters. The van der Waals surface area contributed by atoms with Gasteiger partial charge in [0, 0.05) is 5.75 Å². The molecule has 21 heavy (non-hydrogen) atoms. The maximum Gasteiger partial charge on any atom is 0.104 e. The van der Waals surface area contributed by atoms with E-state index >= 15 is 0 Å². The molecule has 1 nitrogen and oxygen atoms in total. The maximum atomic E-state index is 6.54. The van der Waals surface area contributed by atoms with Crippen LogP contribution in [0.15, 0.2) is 30.3 Å². The second-order valence-corrected chi connectivity index (χ2v) is 9.11. The SMILES string of the molecule is CC1(C)[C@@H]2CC[C@@]1(C)[C@@H]1O[C@@H](SCc3ccccc3)C[C@H]21. The fraction of sp³-hybridized carbons (Fsp3) is 0.684. The van der Waals surface area contributed by atoms with Crippen LogP contribution in [0, 0.1) is 22.7 Å². The molecule has 3 fully saturated rings. The van der Waals surface area contributed by atoms with Crippen LogP contribution >= 0.6 is 11.8 Å². The zero-order chi connectivity index (χ0) is 14.7. The van der Waals surface area contributed by atoms with E-state index in [-0.39, 0.29) is 0 Å². The van der Waals surface area contributed by atoms with Gasteiger partial charge in [-0.2, -0.15) is 0 Å². The van der Waals surface area contributed by atoms with Gasteiger partial charge in [-0.15, -0.1) is 11.8 Å². The average Bonchev–Trinajstić information content (AvgIpc) is 3.04. The Hall–Kier alpha value is -0.470. The minimum Gasteiger partial charge on any atom is -0.363 e. The summed E-state index contributed by atoms with van der Waals surface area (Å²) in [7, 11) is 0. The first-order valence-electron chi connectivity index (χ1n) is 8.33. The van der Waals surface area contributed by atoms with Gasteiger partial charge in [-0.3, -0.25) is 0 Å². The summed E-state index contributed by atoms with van der Waals surface area (Å²) in [6.07, 6.45) is 4.57. The van der Waals surface area contributed by atoms with Crippen molar-refractivity contribution in [3.63, 3.8) is 0 Å². The predicted molar refractivity (Wildman–Crippen MR) is 89.1 cm³/mol. The van der Waals surface area contributed by atoms with Crippen molar-refractivity contribution in [3.8, 4) is 0 Å². The lowest BCUT2D eigenvalue weighted by Gasteiger charge is -2.38. The Morgan fingerprint density at radius 2 is 1.95 bits per heavy atom. The van der Waals surface area contributed by atoms with Gasteiger partial charge in [0.1, 0.15) is 5.44 Å². The second kappa shape index (κ2) is 4.76. The van der Waals surface area contributed by atoms with Crippen molar-refractivity contribution in [1.29, 1.82) is 0 Å². The molecule has 114 valence electrons. The molecule has 1 heterocycles. The van der Waals surface area contributed by atoms with Gasteiger partial charge in [0.15, 0.2) is 0 Å². The van der Waals surface area contributed by atoms with E-state index < -0.39 is 0 Å². The molecule has 1 saturated heterocycles. The minimum absolute atomic E-state index is 0.407. The Morgan fingerprint density at radius 1 is 1.19 bits per heavy atom. The van der Waals surface area contributed by atoms with E-state index in [1.54, 1.807) is 0 Å². The lowest BCUT2D eigenvalue weighted by molar-refractivity contribution is -0.0318. The third kappa shape index (κ3) is 1.95. The summed E-state index contributed by atoms with van der Waals surface area (Å²) in [4.78, 5) is 0. The van der Waals surface area contributed by atoms with Crippen molar-refractivity contribution in [2.24, 2.45) is 22.7 Å². The predicted octanol–water partition coefficient (Wildman–Crippen LogP) is 5.11. The van der Waals surface area contributed by atoms with Gasteiger partial charge in [-0.25, -0.2) is 0 Å². The van der Waals surface area contributed by atoms with Crippen molar-refractivity contribution in [2.45, 2.75) is 57.3 Å². The third-order valence-electron chi connectivity index (χ3n) is 6.95. The molecule has 1 aliphatic heterocycles. The van der Waals surface area contributed by atoms with E-state index in [0.29, 0.717) is 22.4 Å². The molecule has 5 atom stereocenters. The lowest BCUT2D eigenvalue weighted by Crippen LogP contribution is -2.37. The van der Waals surface area contributed by atoms with E-state index in [1.807, 2.05) is 11.8 Å². The number of thioether (sulfide) groups is 1. The van der Waals surface area contributed by atoms with Crippen LogP contribution in [0.5, 0.6) is 0 Å². The maximum absolute atomic E-state index is 6.54. The number of rotatable bonds is 3. The first kappa shape index (κ1) is 14.1. The highest BCUT2D eigenvalue weighted by Crippen LogP contribution is 2.71. The summed E-state index contributed by atoms with van der Waals surface area (Å²) >= 11 is 2.00. The normalized spacial score (nSPS) is 43.2. The molecule has 2 saturated carbocycles.